The van der Waals surface area contributed by atoms with Gasteiger partial charge in [0.05, 0.1) is 11.9 Å². The number of piperidine rings is 1. The molecule has 2 aliphatic rings. The average Bonchev–Trinajstić information content (AvgIpc) is 3.05. The summed E-state index contributed by atoms with van der Waals surface area (Å²) in [6.07, 6.45) is 12.6. The van der Waals surface area contributed by atoms with E-state index >= 15 is 0 Å². The molecule has 0 bridgehead atoms. The third-order valence-corrected chi connectivity index (χ3v) is 5.66. The molecule has 1 saturated carbocycles. The molecule has 2 aromatic heterocycles. The summed E-state index contributed by atoms with van der Waals surface area (Å²) >= 11 is 0. The van der Waals surface area contributed by atoms with Crippen molar-refractivity contribution in [2.45, 2.75) is 50.9 Å². The number of likely N-dealkylation sites (tertiary alicyclic amines) is 1. The second-order valence-corrected chi connectivity index (χ2v) is 7.54. The predicted molar refractivity (Wildman–Crippen MR) is 97.0 cm³/mol. The largest absolute Gasteiger partial charge is 0.348 e. The Balaban J connectivity index is 1.45. The highest BCUT2D eigenvalue weighted by atomic mass is 16.1. The lowest BCUT2D eigenvalue weighted by Gasteiger charge is -2.35. The van der Waals surface area contributed by atoms with Gasteiger partial charge in [-0.3, -0.25) is 9.97 Å². The predicted octanol–water partition coefficient (Wildman–Crippen LogP) is 2.72. The molecule has 6 heteroatoms. The van der Waals surface area contributed by atoms with E-state index in [2.05, 4.69) is 20.0 Å². The second-order valence-electron chi connectivity index (χ2n) is 7.54. The molecule has 1 aliphatic carbocycles. The number of pyridine rings is 1. The van der Waals surface area contributed by atoms with E-state index < -0.39 is 0 Å². The average molecular weight is 341 g/mol. The number of H-pyrrole nitrogens is 1. The molecule has 134 valence electrons. The number of nitrogens with zero attached hydrogens (tertiary/aromatic N) is 4. The number of hydrogen-bond acceptors (Lipinski definition) is 4. The lowest BCUT2D eigenvalue weighted by molar-refractivity contribution is 0.158. The van der Waals surface area contributed by atoms with Gasteiger partial charge >= 0.3 is 5.69 Å². The van der Waals surface area contributed by atoms with Crippen molar-refractivity contribution in [3.63, 3.8) is 0 Å². The lowest BCUT2D eigenvalue weighted by Crippen LogP contribution is -2.38. The summed E-state index contributed by atoms with van der Waals surface area (Å²) in [5.74, 6) is 2.00. The van der Waals surface area contributed by atoms with Crippen LogP contribution in [0.3, 0.4) is 0 Å². The molecule has 6 nitrogen and oxygen atoms in total. The highest BCUT2D eigenvalue weighted by molar-refractivity contribution is 5.25. The van der Waals surface area contributed by atoms with E-state index in [1.165, 1.54) is 56.3 Å². The zero-order valence-electron chi connectivity index (χ0n) is 14.7. The second kappa shape index (κ2) is 7.52. The van der Waals surface area contributed by atoms with E-state index in [0.29, 0.717) is 11.6 Å². The van der Waals surface area contributed by atoms with Crippen LogP contribution in [-0.4, -0.2) is 44.3 Å². The monoisotopic (exact) mass is 341 g/mol. The van der Waals surface area contributed by atoms with Crippen LogP contribution in [0.5, 0.6) is 0 Å². The number of aromatic nitrogens is 4. The molecule has 0 spiro atoms. The van der Waals surface area contributed by atoms with Crippen molar-refractivity contribution in [1.82, 2.24) is 24.6 Å². The lowest BCUT2D eigenvalue weighted by atomic mass is 9.88. The van der Waals surface area contributed by atoms with Crippen molar-refractivity contribution in [2.75, 3.05) is 19.6 Å². The topological polar surface area (TPSA) is 66.8 Å². The van der Waals surface area contributed by atoms with Crippen LogP contribution < -0.4 is 5.69 Å². The van der Waals surface area contributed by atoms with Crippen LogP contribution in [-0.2, 0) is 0 Å². The molecule has 1 saturated heterocycles. The van der Waals surface area contributed by atoms with Crippen molar-refractivity contribution in [3.05, 3.63) is 40.8 Å². The Bertz CT molecular complexity index is 732. The van der Waals surface area contributed by atoms with Gasteiger partial charge in [-0.25, -0.2) is 4.79 Å². The Kier molecular flexibility index (Phi) is 4.97. The summed E-state index contributed by atoms with van der Waals surface area (Å²) in [5, 5.41) is 4.57. The van der Waals surface area contributed by atoms with Crippen molar-refractivity contribution in [3.8, 4) is 5.69 Å². The first-order valence-electron chi connectivity index (χ1n) is 9.61. The third kappa shape index (κ3) is 3.84. The van der Waals surface area contributed by atoms with E-state index in [-0.39, 0.29) is 5.69 Å². The molecular weight excluding hydrogens is 314 g/mol. The highest BCUT2D eigenvalue weighted by Gasteiger charge is 2.26. The fourth-order valence-corrected chi connectivity index (χ4v) is 4.36. The van der Waals surface area contributed by atoms with Crippen LogP contribution in [0.2, 0.25) is 0 Å². The minimum Gasteiger partial charge on any atom is -0.302 e. The molecule has 3 heterocycles. The van der Waals surface area contributed by atoms with Gasteiger partial charge in [0.25, 0.3) is 0 Å². The Morgan fingerprint density at radius 1 is 1.16 bits per heavy atom. The third-order valence-electron chi connectivity index (χ3n) is 5.66. The van der Waals surface area contributed by atoms with Crippen LogP contribution >= 0.6 is 0 Å². The Morgan fingerprint density at radius 3 is 2.84 bits per heavy atom. The maximum absolute atomic E-state index is 12.3. The molecule has 2 aromatic rings. The summed E-state index contributed by atoms with van der Waals surface area (Å²) in [4.78, 5) is 21.9. The molecule has 0 radical (unpaired) electrons. The van der Waals surface area contributed by atoms with Gasteiger partial charge in [-0.05, 0) is 50.3 Å². The van der Waals surface area contributed by atoms with Crippen molar-refractivity contribution < 1.29 is 0 Å². The van der Waals surface area contributed by atoms with Crippen molar-refractivity contribution >= 4 is 0 Å². The Hall–Kier alpha value is -1.95. The minimum absolute atomic E-state index is 0.174. The molecule has 2 fully saturated rings. The molecule has 1 aliphatic heterocycles. The summed E-state index contributed by atoms with van der Waals surface area (Å²) in [5.41, 5.74) is 0.539. The zero-order valence-corrected chi connectivity index (χ0v) is 14.7. The van der Waals surface area contributed by atoms with Gasteiger partial charge in [-0.1, -0.05) is 19.3 Å². The first kappa shape index (κ1) is 16.5. The fraction of sp³-hybridized carbons (Fsp3) is 0.632. The van der Waals surface area contributed by atoms with Gasteiger partial charge in [-0.15, -0.1) is 5.10 Å². The van der Waals surface area contributed by atoms with Gasteiger partial charge in [0.2, 0.25) is 0 Å². The maximum atomic E-state index is 12.3. The number of aromatic amines is 1. The van der Waals surface area contributed by atoms with Gasteiger partial charge in [-0.2, -0.15) is 4.68 Å². The molecule has 1 N–H and O–H groups in total. The van der Waals surface area contributed by atoms with Crippen LogP contribution in [0, 0.1) is 5.92 Å². The maximum Gasteiger partial charge on any atom is 0.348 e. The molecular formula is C19H27N5O. The molecule has 0 aromatic carbocycles. The summed E-state index contributed by atoms with van der Waals surface area (Å²) in [6, 6.07) is 3.68. The highest BCUT2D eigenvalue weighted by Crippen LogP contribution is 2.28. The smallest absolute Gasteiger partial charge is 0.302 e. The summed E-state index contributed by atoms with van der Waals surface area (Å²) < 4.78 is 1.43. The minimum atomic E-state index is -0.174. The number of nitrogens with one attached hydrogen (secondary N) is 1. The van der Waals surface area contributed by atoms with Gasteiger partial charge < -0.3 is 4.90 Å². The van der Waals surface area contributed by atoms with E-state index in [0.717, 1.165) is 24.7 Å². The standard InChI is InChI=1S/C19H27N5O/c25-19-21-18(22-24(19)17-9-4-10-20-12-17)16-8-5-11-23(14-16)13-15-6-2-1-3-7-15/h4,9-10,12,15-16H,1-3,5-8,11,13-14H2,(H,21,22,25). The van der Waals surface area contributed by atoms with E-state index in [4.69, 9.17) is 0 Å². The molecule has 0 amide bonds. The van der Waals surface area contributed by atoms with Crippen molar-refractivity contribution in [1.29, 1.82) is 0 Å². The molecule has 25 heavy (non-hydrogen) atoms. The van der Waals surface area contributed by atoms with Gasteiger partial charge in [0, 0.05) is 25.2 Å². The van der Waals surface area contributed by atoms with Gasteiger partial charge in [0.1, 0.15) is 5.82 Å². The quantitative estimate of drug-likeness (QED) is 0.928. The van der Waals surface area contributed by atoms with Gasteiger partial charge in [0.15, 0.2) is 0 Å². The van der Waals surface area contributed by atoms with Crippen LogP contribution in [0.15, 0.2) is 29.3 Å². The van der Waals surface area contributed by atoms with E-state index in [1.54, 1.807) is 12.4 Å². The van der Waals surface area contributed by atoms with Crippen LogP contribution in [0.25, 0.3) is 5.69 Å². The van der Waals surface area contributed by atoms with Crippen molar-refractivity contribution in [2.24, 2.45) is 5.92 Å². The van der Waals surface area contributed by atoms with E-state index in [9.17, 15) is 4.79 Å². The molecule has 4 rings (SSSR count). The zero-order chi connectivity index (χ0) is 17.1. The van der Waals surface area contributed by atoms with Crippen LogP contribution in [0.1, 0.15) is 56.7 Å². The first-order chi connectivity index (χ1) is 12.3. The van der Waals surface area contributed by atoms with E-state index in [1.807, 2.05) is 12.1 Å². The Morgan fingerprint density at radius 2 is 2.04 bits per heavy atom. The molecule has 1 atom stereocenters. The van der Waals surface area contributed by atoms with Crippen LogP contribution in [0.4, 0.5) is 0 Å². The number of hydrogen-bond donors (Lipinski definition) is 1. The summed E-state index contributed by atoms with van der Waals surface area (Å²) in [7, 11) is 0. The fourth-order valence-electron chi connectivity index (χ4n) is 4.36. The normalized spacial score (nSPS) is 23.0. The Labute approximate surface area is 148 Å². The molecule has 1 unspecified atom stereocenters. The number of rotatable bonds is 4. The SMILES string of the molecule is O=c1[nH]c(C2CCCN(CC3CCCCC3)C2)nn1-c1cccnc1. The first-order valence-corrected chi connectivity index (χ1v) is 9.61. The summed E-state index contributed by atoms with van der Waals surface area (Å²) in [6.45, 7) is 3.40.